The number of aromatic nitrogens is 1. The van der Waals surface area contributed by atoms with Crippen LogP contribution < -0.4 is 5.73 Å². The Morgan fingerprint density at radius 3 is 2.50 bits per heavy atom. The minimum absolute atomic E-state index is 0.222. The van der Waals surface area contributed by atoms with Crippen LogP contribution in [0.25, 0.3) is 16.6 Å². The molecule has 0 bridgehead atoms. The Hall–Kier alpha value is -1.88. The molecular formula is C21H23ClFN3. The van der Waals surface area contributed by atoms with Gasteiger partial charge in [-0.05, 0) is 79.9 Å². The summed E-state index contributed by atoms with van der Waals surface area (Å²) >= 11 is 6.29. The molecule has 1 fully saturated rings. The van der Waals surface area contributed by atoms with Crippen LogP contribution in [-0.2, 0) is 0 Å². The fourth-order valence-electron chi connectivity index (χ4n) is 4.02. The molecule has 2 heterocycles. The van der Waals surface area contributed by atoms with Gasteiger partial charge in [0.2, 0.25) is 0 Å². The van der Waals surface area contributed by atoms with Crippen molar-refractivity contribution in [1.82, 2.24) is 9.47 Å². The van der Waals surface area contributed by atoms with E-state index in [0.717, 1.165) is 48.7 Å². The van der Waals surface area contributed by atoms with Gasteiger partial charge in [0.1, 0.15) is 5.82 Å². The molecule has 0 spiro atoms. The van der Waals surface area contributed by atoms with Crippen molar-refractivity contribution in [3.8, 4) is 5.69 Å². The number of likely N-dealkylation sites (tertiary alicyclic amines) is 1. The molecule has 5 heteroatoms. The van der Waals surface area contributed by atoms with Gasteiger partial charge in [-0.25, -0.2) is 4.39 Å². The van der Waals surface area contributed by atoms with Crippen molar-refractivity contribution in [2.45, 2.75) is 18.8 Å². The SMILES string of the molecule is NCCN1CCC(c2cn(-c3ccc(F)cc3)c3ccc(Cl)cc23)CC1. The minimum atomic E-state index is -0.222. The number of fused-ring (bicyclic) bond motifs is 1. The molecule has 0 radical (unpaired) electrons. The Kier molecular flexibility index (Phi) is 4.98. The van der Waals surface area contributed by atoms with Gasteiger partial charge in [-0.15, -0.1) is 0 Å². The topological polar surface area (TPSA) is 34.2 Å². The van der Waals surface area contributed by atoms with E-state index < -0.39 is 0 Å². The number of rotatable bonds is 4. The third-order valence-electron chi connectivity index (χ3n) is 5.37. The standard InChI is InChI=1S/C21H23ClFN3/c22-16-1-6-21-19(13-16)20(15-7-10-25(11-8-15)12-9-24)14-26(21)18-4-2-17(23)3-5-18/h1-6,13-15H,7-12,24H2. The summed E-state index contributed by atoms with van der Waals surface area (Å²) in [5.74, 6) is 0.285. The van der Waals surface area contributed by atoms with Gasteiger partial charge in [0.25, 0.3) is 0 Å². The lowest BCUT2D eigenvalue weighted by Gasteiger charge is -2.31. The maximum atomic E-state index is 13.3. The number of nitrogens with two attached hydrogens (primary N) is 1. The van der Waals surface area contributed by atoms with Crippen LogP contribution >= 0.6 is 11.6 Å². The first-order valence-corrected chi connectivity index (χ1v) is 9.52. The summed E-state index contributed by atoms with van der Waals surface area (Å²) in [6.45, 7) is 3.83. The predicted molar refractivity (Wildman–Crippen MR) is 106 cm³/mol. The lowest BCUT2D eigenvalue weighted by Crippen LogP contribution is -2.36. The van der Waals surface area contributed by atoms with Gasteiger partial charge < -0.3 is 15.2 Å². The van der Waals surface area contributed by atoms with Crippen molar-refractivity contribution in [2.24, 2.45) is 5.73 Å². The van der Waals surface area contributed by atoms with Crippen molar-refractivity contribution in [1.29, 1.82) is 0 Å². The lowest BCUT2D eigenvalue weighted by molar-refractivity contribution is 0.218. The summed E-state index contributed by atoms with van der Waals surface area (Å²) in [6, 6.07) is 12.7. The second-order valence-electron chi connectivity index (χ2n) is 7.00. The van der Waals surface area contributed by atoms with Gasteiger partial charge in [0.05, 0.1) is 5.52 Å². The smallest absolute Gasteiger partial charge is 0.123 e. The zero-order valence-electron chi connectivity index (χ0n) is 14.7. The number of hydrogen-bond acceptors (Lipinski definition) is 2. The molecule has 0 amide bonds. The summed E-state index contributed by atoms with van der Waals surface area (Å²) in [6.07, 6.45) is 4.45. The van der Waals surface area contributed by atoms with Crippen LogP contribution in [0.15, 0.2) is 48.7 Å². The number of piperidine rings is 1. The fraction of sp³-hybridized carbons (Fsp3) is 0.333. The molecule has 1 saturated heterocycles. The normalized spacial score (nSPS) is 16.4. The summed E-state index contributed by atoms with van der Waals surface area (Å²) in [5, 5.41) is 1.94. The van der Waals surface area contributed by atoms with E-state index in [1.807, 2.05) is 24.3 Å². The molecule has 3 aromatic rings. The number of halogens is 2. The average molecular weight is 372 g/mol. The molecule has 2 aromatic carbocycles. The maximum absolute atomic E-state index is 13.3. The molecule has 2 N–H and O–H groups in total. The van der Waals surface area contributed by atoms with Gasteiger partial charge in [0, 0.05) is 35.4 Å². The third-order valence-corrected chi connectivity index (χ3v) is 5.61. The molecule has 0 unspecified atom stereocenters. The van der Waals surface area contributed by atoms with Crippen LogP contribution in [0.4, 0.5) is 4.39 Å². The van der Waals surface area contributed by atoms with Crippen LogP contribution in [0.5, 0.6) is 0 Å². The van der Waals surface area contributed by atoms with E-state index in [0.29, 0.717) is 12.5 Å². The van der Waals surface area contributed by atoms with Crippen molar-refractivity contribution in [2.75, 3.05) is 26.2 Å². The highest BCUT2D eigenvalue weighted by Gasteiger charge is 2.24. The molecule has 0 atom stereocenters. The second kappa shape index (κ2) is 7.39. The monoisotopic (exact) mass is 371 g/mol. The first-order valence-electron chi connectivity index (χ1n) is 9.14. The molecule has 1 aliphatic heterocycles. The molecule has 1 aromatic heterocycles. The maximum Gasteiger partial charge on any atom is 0.123 e. The van der Waals surface area contributed by atoms with E-state index in [2.05, 4.69) is 21.7 Å². The zero-order chi connectivity index (χ0) is 18.1. The Morgan fingerprint density at radius 1 is 1.08 bits per heavy atom. The van der Waals surface area contributed by atoms with Gasteiger partial charge in [-0.3, -0.25) is 0 Å². The van der Waals surface area contributed by atoms with E-state index in [1.165, 1.54) is 23.1 Å². The van der Waals surface area contributed by atoms with Crippen LogP contribution in [-0.4, -0.2) is 35.6 Å². The van der Waals surface area contributed by atoms with Gasteiger partial charge in [-0.1, -0.05) is 11.6 Å². The van der Waals surface area contributed by atoms with Gasteiger partial charge in [-0.2, -0.15) is 0 Å². The molecule has 3 nitrogen and oxygen atoms in total. The zero-order valence-corrected chi connectivity index (χ0v) is 15.4. The Bertz CT molecular complexity index is 896. The second-order valence-corrected chi connectivity index (χ2v) is 7.43. The highest BCUT2D eigenvalue weighted by Crippen LogP contribution is 2.36. The molecule has 136 valence electrons. The number of hydrogen-bond donors (Lipinski definition) is 1. The molecule has 1 aliphatic rings. The van der Waals surface area contributed by atoms with Crippen LogP contribution in [0, 0.1) is 5.82 Å². The largest absolute Gasteiger partial charge is 0.329 e. The quantitative estimate of drug-likeness (QED) is 0.729. The van der Waals surface area contributed by atoms with Crippen LogP contribution in [0.3, 0.4) is 0 Å². The first-order chi connectivity index (χ1) is 12.7. The highest BCUT2D eigenvalue weighted by atomic mass is 35.5. The minimum Gasteiger partial charge on any atom is -0.329 e. The number of benzene rings is 2. The van der Waals surface area contributed by atoms with Crippen molar-refractivity contribution in [3.05, 3.63) is 65.1 Å². The van der Waals surface area contributed by atoms with Crippen molar-refractivity contribution in [3.63, 3.8) is 0 Å². The van der Waals surface area contributed by atoms with E-state index in [9.17, 15) is 4.39 Å². The average Bonchev–Trinajstić information content (AvgIpc) is 3.02. The molecule has 0 aliphatic carbocycles. The summed E-state index contributed by atoms with van der Waals surface area (Å²) in [7, 11) is 0. The molecule has 0 saturated carbocycles. The lowest BCUT2D eigenvalue weighted by atomic mass is 9.89. The Morgan fingerprint density at radius 2 is 1.81 bits per heavy atom. The molecular weight excluding hydrogens is 349 g/mol. The third kappa shape index (κ3) is 3.37. The van der Waals surface area contributed by atoms with Gasteiger partial charge in [0.15, 0.2) is 0 Å². The van der Waals surface area contributed by atoms with E-state index in [1.54, 1.807) is 0 Å². The van der Waals surface area contributed by atoms with E-state index in [-0.39, 0.29) is 5.82 Å². The molecule has 26 heavy (non-hydrogen) atoms. The predicted octanol–water partition coefficient (Wildman–Crippen LogP) is 4.56. The first kappa shape index (κ1) is 17.5. The van der Waals surface area contributed by atoms with Crippen LogP contribution in [0.2, 0.25) is 5.02 Å². The summed E-state index contributed by atoms with van der Waals surface area (Å²) in [5.41, 5.74) is 9.10. The van der Waals surface area contributed by atoms with Gasteiger partial charge >= 0.3 is 0 Å². The van der Waals surface area contributed by atoms with E-state index in [4.69, 9.17) is 17.3 Å². The fourth-order valence-corrected chi connectivity index (χ4v) is 4.19. The van der Waals surface area contributed by atoms with Crippen molar-refractivity contribution >= 4 is 22.5 Å². The molecule has 4 rings (SSSR count). The number of nitrogens with zero attached hydrogens (tertiary/aromatic N) is 2. The highest BCUT2D eigenvalue weighted by molar-refractivity contribution is 6.31. The Balaban J connectivity index is 1.73. The van der Waals surface area contributed by atoms with E-state index >= 15 is 0 Å². The summed E-state index contributed by atoms with van der Waals surface area (Å²) < 4.78 is 15.5. The summed E-state index contributed by atoms with van der Waals surface area (Å²) in [4.78, 5) is 2.43. The van der Waals surface area contributed by atoms with Crippen molar-refractivity contribution < 1.29 is 4.39 Å². The Labute approximate surface area is 158 Å². The van der Waals surface area contributed by atoms with Crippen LogP contribution in [0.1, 0.15) is 24.3 Å².